The topological polar surface area (TPSA) is 45.2 Å². The smallest absolute Gasteiger partial charge is 0.223 e. The highest BCUT2D eigenvalue weighted by Gasteiger charge is 2.25. The summed E-state index contributed by atoms with van der Waals surface area (Å²) in [4.78, 5) is 18.9. The van der Waals surface area contributed by atoms with Crippen molar-refractivity contribution in [1.29, 1.82) is 0 Å². The lowest BCUT2D eigenvalue weighted by Gasteiger charge is -2.31. The zero-order chi connectivity index (χ0) is 19.3. The van der Waals surface area contributed by atoms with Gasteiger partial charge in [-0.15, -0.1) is 0 Å². The molecule has 2 aromatic carbocycles. The number of amides is 1. The zero-order valence-electron chi connectivity index (χ0n) is 15.8. The molecule has 1 amide bonds. The highest BCUT2D eigenvalue weighted by molar-refractivity contribution is 5.86. The minimum Gasteiger partial charge on any atom is -0.352 e. The molecule has 0 spiro atoms. The third-order valence-electron chi connectivity index (χ3n) is 5.50. The lowest BCUT2D eigenvalue weighted by atomic mass is 9.95. The summed E-state index contributed by atoms with van der Waals surface area (Å²) in [5.74, 6) is -0.00281. The van der Waals surface area contributed by atoms with Crippen molar-refractivity contribution in [3.8, 4) is 0 Å². The van der Waals surface area contributed by atoms with Gasteiger partial charge in [-0.25, -0.2) is 4.39 Å². The van der Waals surface area contributed by atoms with Crippen LogP contribution in [-0.2, 0) is 17.9 Å². The van der Waals surface area contributed by atoms with Crippen molar-refractivity contribution in [3.05, 3.63) is 77.9 Å². The molecule has 0 atom stereocenters. The second-order valence-electron chi connectivity index (χ2n) is 7.38. The number of carbonyl (C=O) groups excluding carboxylic acids is 1. The van der Waals surface area contributed by atoms with Gasteiger partial charge in [0.15, 0.2) is 0 Å². The number of hydrogen-bond donors (Lipinski definition) is 1. The highest BCUT2D eigenvalue weighted by Crippen LogP contribution is 2.25. The number of rotatable bonds is 5. The van der Waals surface area contributed by atoms with Crippen molar-refractivity contribution in [1.82, 2.24) is 15.2 Å². The molecule has 3 aromatic rings. The van der Waals surface area contributed by atoms with Gasteiger partial charge in [-0.1, -0.05) is 36.4 Å². The first-order chi connectivity index (χ1) is 13.7. The minimum atomic E-state index is -0.177. The van der Waals surface area contributed by atoms with Crippen molar-refractivity contribution in [2.45, 2.75) is 25.9 Å². The Bertz CT molecular complexity index is 952. The fourth-order valence-electron chi connectivity index (χ4n) is 3.89. The summed E-state index contributed by atoms with van der Waals surface area (Å²) in [6, 6.07) is 14.9. The van der Waals surface area contributed by atoms with E-state index in [9.17, 15) is 9.18 Å². The van der Waals surface area contributed by atoms with E-state index in [0.29, 0.717) is 11.9 Å². The molecule has 4 rings (SSSR count). The zero-order valence-corrected chi connectivity index (χ0v) is 15.8. The first-order valence-electron chi connectivity index (χ1n) is 9.76. The SMILES string of the molecule is O=C(NCc1cccnc1)C1CCN(Cc2ccc(F)c3ccccc23)CC1. The Labute approximate surface area is 164 Å². The van der Waals surface area contributed by atoms with Crippen LogP contribution in [0, 0.1) is 11.7 Å². The number of piperidine rings is 1. The van der Waals surface area contributed by atoms with Crippen LogP contribution in [0.25, 0.3) is 10.8 Å². The summed E-state index contributed by atoms with van der Waals surface area (Å²) in [6.07, 6.45) is 5.19. The normalized spacial score (nSPS) is 15.6. The molecule has 1 N–H and O–H groups in total. The number of pyridine rings is 1. The summed E-state index contributed by atoms with van der Waals surface area (Å²) in [6.45, 7) is 3.05. The number of aromatic nitrogens is 1. The number of hydrogen-bond acceptors (Lipinski definition) is 3. The predicted molar refractivity (Wildman–Crippen MR) is 108 cm³/mol. The fraction of sp³-hybridized carbons (Fsp3) is 0.304. The van der Waals surface area contributed by atoms with Crippen LogP contribution in [-0.4, -0.2) is 28.9 Å². The minimum absolute atomic E-state index is 0.0536. The third-order valence-corrected chi connectivity index (χ3v) is 5.50. The number of fused-ring (bicyclic) bond motifs is 1. The van der Waals surface area contributed by atoms with Crippen LogP contribution < -0.4 is 5.32 Å². The van der Waals surface area contributed by atoms with Crippen LogP contribution in [0.1, 0.15) is 24.0 Å². The molecule has 0 radical (unpaired) electrons. The van der Waals surface area contributed by atoms with Crippen LogP contribution >= 0.6 is 0 Å². The van der Waals surface area contributed by atoms with E-state index in [1.165, 1.54) is 0 Å². The Morgan fingerprint density at radius 2 is 1.86 bits per heavy atom. The molecule has 0 aliphatic carbocycles. The summed E-state index contributed by atoms with van der Waals surface area (Å²) >= 11 is 0. The van der Waals surface area contributed by atoms with Crippen molar-refractivity contribution >= 4 is 16.7 Å². The van der Waals surface area contributed by atoms with E-state index in [4.69, 9.17) is 0 Å². The lowest BCUT2D eigenvalue weighted by Crippen LogP contribution is -2.40. The number of halogens is 1. The Morgan fingerprint density at radius 1 is 1.07 bits per heavy atom. The standard InChI is InChI=1S/C23H24FN3O/c24-22-8-7-19(20-5-1-2-6-21(20)22)16-27-12-9-18(10-13-27)23(28)26-15-17-4-3-11-25-14-17/h1-8,11,14,18H,9-10,12-13,15-16H2,(H,26,28). The van der Waals surface area contributed by atoms with E-state index in [1.54, 1.807) is 18.5 Å². The van der Waals surface area contributed by atoms with Crippen LogP contribution in [0.4, 0.5) is 4.39 Å². The first-order valence-corrected chi connectivity index (χ1v) is 9.76. The molecule has 0 saturated carbocycles. The number of carbonyl (C=O) groups is 1. The maximum Gasteiger partial charge on any atom is 0.223 e. The second kappa shape index (κ2) is 8.48. The van der Waals surface area contributed by atoms with Crippen molar-refractivity contribution in [3.63, 3.8) is 0 Å². The fourth-order valence-corrected chi connectivity index (χ4v) is 3.89. The van der Waals surface area contributed by atoms with Crippen LogP contribution in [0.15, 0.2) is 60.9 Å². The van der Waals surface area contributed by atoms with E-state index in [2.05, 4.69) is 15.2 Å². The molecule has 1 saturated heterocycles. The van der Waals surface area contributed by atoms with Gasteiger partial charge >= 0.3 is 0 Å². The van der Waals surface area contributed by atoms with Gasteiger partial charge in [0.2, 0.25) is 5.91 Å². The average Bonchev–Trinajstić information content (AvgIpc) is 2.75. The average molecular weight is 377 g/mol. The van der Waals surface area contributed by atoms with Crippen molar-refractivity contribution in [2.24, 2.45) is 5.92 Å². The molecular formula is C23H24FN3O. The summed E-state index contributed by atoms with van der Waals surface area (Å²) < 4.78 is 14.0. The predicted octanol–water partition coefficient (Wildman–Crippen LogP) is 3.90. The molecule has 0 unspecified atom stereocenters. The molecule has 2 heterocycles. The van der Waals surface area contributed by atoms with Gasteiger partial charge in [-0.2, -0.15) is 0 Å². The monoisotopic (exact) mass is 377 g/mol. The van der Waals surface area contributed by atoms with Gasteiger partial charge in [-0.05, 0) is 54.6 Å². The Balaban J connectivity index is 1.32. The van der Waals surface area contributed by atoms with Gasteiger partial charge in [-0.3, -0.25) is 14.7 Å². The maximum atomic E-state index is 14.0. The first kappa shape index (κ1) is 18.6. The lowest BCUT2D eigenvalue weighted by molar-refractivity contribution is -0.126. The Kier molecular flexibility index (Phi) is 5.63. The van der Waals surface area contributed by atoms with E-state index in [-0.39, 0.29) is 17.6 Å². The van der Waals surface area contributed by atoms with Gasteiger partial charge < -0.3 is 5.32 Å². The molecule has 1 aromatic heterocycles. The summed E-state index contributed by atoms with van der Waals surface area (Å²) in [5.41, 5.74) is 2.15. The third kappa shape index (κ3) is 4.20. The summed E-state index contributed by atoms with van der Waals surface area (Å²) in [5, 5.41) is 4.67. The Hall–Kier alpha value is -2.79. The molecule has 0 bridgehead atoms. The molecule has 5 heteroatoms. The number of benzene rings is 2. The van der Waals surface area contributed by atoms with Crippen molar-refractivity contribution in [2.75, 3.05) is 13.1 Å². The van der Waals surface area contributed by atoms with Crippen LogP contribution in [0.2, 0.25) is 0 Å². The molecule has 28 heavy (non-hydrogen) atoms. The molecule has 1 aliphatic rings. The number of nitrogens with one attached hydrogen (secondary N) is 1. The number of likely N-dealkylation sites (tertiary alicyclic amines) is 1. The van der Waals surface area contributed by atoms with E-state index in [0.717, 1.165) is 49.0 Å². The van der Waals surface area contributed by atoms with Gasteiger partial charge in [0.1, 0.15) is 5.82 Å². The molecule has 144 valence electrons. The van der Waals surface area contributed by atoms with E-state index in [1.807, 2.05) is 42.5 Å². The van der Waals surface area contributed by atoms with Crippen LogP contribution in [0.5, 0.6) is 0 Å². The molecule has 1 aliphatic heterocycles. The Morgan fingerprint density at radius 3 is 2.61 bits per heavy atom. The number of nitrogens with zero attached hydrogens (tertiary/aromatic N) is 2. The van der Waals surface area contributed by atoms with E-state index >= 15 is 0 Å². The molecule has 4 nitrogen and oxygen atoms in total. The largest absolute Gasteiger partial charge is 0.352 e. The van der Waals surface area contributed by atoms with Gasteiger partial charge in [0.25, 0.3) is 0 Å². The summed E-state index contributed by atoms with van der Waals surface area (Å²) in [7, 11) is 0. The van der Waals surface area contributed by atoms with Crippen molar-refractivity contribution < 1.29 is 9.18 Å². The van der Waals surface area contributed by atoms with E-state index < -0.39 is 0 Å². The van der Waals surface area contributed by atoms with Gasteiger partial charge in [0, 0.05) is 36.8 Å². The van der Waals surface area contributed by atoms with Gasteiger partial charge in [0.05, 0.1) is 0 Å². The second-order valence-corrected chi connectivity index (χ2v) is 7.38. The quantitative estimate of drug-likeness (QED) is 0.733. The highest BCUT2D eigenvalue weighted by atomic mass is 19.1. The van der Waals surface area contributed by atoms with Crippen LogP contribution in [0.3, 0.4) is 0 Å². The molecular weight excluding hydrogens is 353 g/mol. The molecule has 1 fully saturated rings. The maximum absolute atomic E-state index is 14.0.